The highest BCUT2D eigenvalue weighted by molar-refractivity contribution is 7.47. The van der Waals surface area contributed by atoms with Crippen LogP contribution in [0.1, 0.15) is 206 Å². The van der Waals surface area contributed by atoms with Gasteiger partial charge in [-0.1, -0.05) is 154 Å². The third kappa shape index (κ3) is 38.1. The molecule has 0 aliphatic carbocycles. The maximum absolute atomic E-state index is 12.5. The second kappa shape index (κ2) is 38.3. The lowest BCUT2D eigenvalue weighted by atomic mass is 10.1. The number of hydrogen-bond donors (Lipinski definition) is 1. The van der Waals surface area contributed by atoms with Crippen molar-refractivity contribution in [3.05, 3.63) is 24.3 Å². The molecular formula is C42H79O8P. The summed E-state index contributed by atoms with van der Waals surface area (Å²) in [5, 5.41) is 0. The smallest absolute Gasteiger partial charge is 0.462 e. The minimum absolute atomic E-state index is 0.228. The number of phosphoric acid groups is 1. The maximum atomic E-state index is 12.5. The van der Waals surface area contributed by atoms with Crippen LogP contribution in [0.15, 0.2) is 24.3 Å². The highest BCUT2D eigenvalue weighted by Gasteiger charge is 2.24. The van der Waals surface area contributed by atoms with Gasteiger partial charge in [-0.05, 0) is 64.2 Å². The van der Waals surface area contributed by atoms with Crippen molar-refractivity contribution in [1.82, 2.24) is 0 Å². The summed E-state index contributed by atoms with van der Waals surface area (Å²) in [6.45, 7) is 3.87. The molecule has 0 radical (unpaired) electrons. The topological polar surface area (TPSA) is 108 Å². The van der Waals surface area contributed by atoms with Crippen molar-refractivity contribution in [1.29, 1.82) is 0 Å². The zero-order valence-electron chi connectivity index (χ0n) is 33.3. The van der Waals surface area contributed by atoms with Crippen LogP contribution in [0.2, 0.25) is 0 Å². The van der Waals surface area contributed by atoms with Gasteiger partial charge in [0.1, 0.15) is 6.61 Å². The average molecular weight is 743 g/mol. The first-order valence-electron chi connectivity index (χ1n) is 21.0. The summed E-state index contributed by atoms with van der Waals surface area (Å²) in [5.74, 6) is -0.811. The standard InChI is InChI=1S/C42H79O8P/c1-4-6-8-10-12-14-16-18-19-20-21-22-23-25-27-29-31-33-35-37-42(44)50-40(39-49-51(45,46)47-3)38-48-41(43)36-34-32-30-28-26-24-17-15-13-11-9-7-5-2/h15,17-19,40H,4-14,16,20-39H2,1-3H3,(H,45,46)/b17-15-,19-18-. The van der Waals surface area contributed by atoms with E-state index in [0.29, 0.717) is 6.42 Å². The van der Waals surface area contributed by atoms with E-state index in [1.807, 2.05) is 0 Å². The maximum Gasteiger partial charge on any atom is 0.472 e. The molecule has 51 heavy (non-hydrogen) atoms. The molecular weight excluding hydrogens is 663 g/mol. The molecule has 2 unspecified atom stereocenters. The van der Waals surface area contributed by atoms with Gasteiger partial charge in [-0.25, -0.2) is 4.57 Å². The van der Waals surface area contributed by atoms with Crippen LogP contribution >= 0.6 is 7.82 Å². The molecule has 0 saturated carbocycles. The lowest BCUT2D eigenvalue weighted by Crippen LogP contribution is -2.29. The van der Waals surface area contributed by atoms with Crippen LogP contribution in [0.5, 0.6) is 0 Å². The molecule has 0 saturated heterocycles. The third-order valence-corrected chi connectivity index (χ3v) is 10.1. The number of hydrogen-bond acceptors (Lipinski definition) is 7. The molecule has 0 amide bonds. The van der Waals surface area contributed by atoms with Crippen LogP contribution in [0.3, 0.4) is 0 Å². The van der Waals surface area contributed by atoms with Crippen molar-refractivity contribution < 1.29 is 37.6 Å². The molecule has 0 aromatic heterocycles. The van der Waals surface area contributed by atoms with Gasteiger partial charge in [-0.2, -0.15) is 0 Å². The molecule has 300 valence electrons. The van der Waals surface area contributed by atoms with Gasteiger partial charge in [0.2, 0.25) is 0 Å². The van der Waals surface area contributed by atoms with Crippen molar-refractivity contribution in [3.8, 4) is 0 Å². The minimum atomic E-state index is -4.26. The molecule has 0 rings (SSSR count). The van der Waals surface area contributed by atoms with Gasteiger partial charge in [0.15, 0.2) is 6.10 Å². The second-order valence-electron chi connectivity index (χ2n) is 14.1. The van der Waals surface area contributed by atoms with Gasteiger partial charge in [-0.15, -0.1) is 0 Å². The van der Waals surface area contributed by atoms with Crippen LogP contribution in [0.4, 0.5) is 0 Å². The van der Waals surface area contributed by atoms with Crippen molar-refractivity contribution in [2.75, 3.05) is 20.3 Å². The Labute approximate surface area is 313 Å². The Morgan fingerprint density at radius 2 is 0.882 bits per heavy atom. The van der Waals surface area contributed by atoms with Crippen LogP contribution in [0.25, 0.3) is 0 Å². The summed E-state index contributed by atoms with van der Waals surface area (Å²) in [6, 6.07) is 0. The zero-order chi connectivity index (χ0) is 37.5. The predicted octanol–water partition coefficient (Wildman–Crippen LogP) is 13.1. The van der Waals surface area contributed by atoms with Crippen LogP contribution in [-0.4, -0.2) is 43.3 Å². The van der Waals surface area contributed by atoms with Crippen molar-refractivity contribution in [2.45, 2.75) is 213 Å². The van der Waals surface area contributed by atoms with E-state index in [-0.39, 0.29) is 25.4 Å². The first kappa shape index (κ1) is 49.5. The first-order chi connectivity index (χ1) is 24.8. The van der Waals surface area contributed by atoms with E-state index in [0.717, 1.165) is 58.5 Å². The Bertz CT molecular complexity index is 890. The summed E-state index contributed by atoms with van der Waals surface area (Å²) in [6.07, 6.45) is 42.3. The Balaban J connectivity index is 3.99. The highest BCUT2D eigenvalue weighted by atomic mass is 31.2. The molecule has 8 nitrogen and oxygen atoms in total. The SMILES string of the molecule is CCCCCC/C=C\CCCCCCCC(=O)OCC(COP(=O)(O)OC)OC(=O)CCCCCCCCCCC/C=C\CCCCCCCC. The average Bonchev–Trinajstić information content (AvgIpc) is 3.12. The van der Waals surface area contributed by atoms with E-state index in [4.69, 9.17) is 14.0 Å². The molecule has 0 aromatic rings. The largest absolute Gasteiger partial charge is 0.472 e. The number of esters is 2. The number of carbonyl (C=O) groups is 2. The molecule has 0 bridgehead atoms. The van der Waals surface area contributed by atoms with Crippen molar-refractivity contribution >= 4 is 19.8 Å². The van der Waals surface area contributed by atoms with Gasteiger partial charge in [-0.3, -0.25) is 18.6 Å². The summed E-state index contributed by atoms with van der Waals surface area (Å²) in [4.78, 5) is 34.4. The fourth-order valence-corrected chi connectivity index (χ4v) is 6.34. The molecule has 2 atom stereocenters. The molecule has 0 aliphatic rings. The van der Waals surface area contributed by atoms with Crippen LogP contribution in [-0.2, 0) is 32.7 Å². The number of carbonyl (C=O) groups excluding carboxylic acids is 2. The number of ether oxygens (including phenoxy) is 2. The van der Waals surface area contributed by atoms with Crippen molar-refractivity contribution in [3.63, 3.8) is 0 Å². The van der Waals surface area contributed by atoms with Crippen molar-refractivity contribution in [2.24, 2.45) is 0 Å². The molecule has 0 spiro atoms. The van der Waals surface area contributed by atoms with Gasteiger partial charge in [0.25, 0.3) is 0 Å². The predicted molar refractivity (Wildman–Crippen MR) is 212 cm³/mol. The van der Waals surface area contributed by atoms with E-state index in [1.165, 1.54) is 122 Å². The monoisotopic (exact) mass is 743 g/mol. The Kier molecular flexibility index (Phi) is 37.2. The number of rotatable bonds is 39. The quantitative estimate of drug-likeness (QED) is 0.0287. The number of unbranched alkanes of at least 4 members (excludes halogenated alkanes) is 24. The summed E-state index contributed by atoms with van der Waals surface area (Å²) < 4.78 is 31.9. The van der Waals surface area contributed by atoms with Crippen LogP contribution in [0, 0.1) is 0 Å². The van der Waals surface area contributed by atoms with E-state index in [2.05, 4.69) is 42.7 Å². The van der Waals surface area contributed by atoms with Gasteiger partial charge in [0.05, 0.1) is 6.61 Å². The fraction of sp³-hybridized carbons (Fsp3) is 0.857. The molecule has 9 heteroatoms. The van der Waals surface area contributed by atoms with E-state index in [1.54, 1.807) is 0 Å². The Hall–Kier alpha value is -1.47. The third-order valence-electron chi connectivity index (χ3n) is 9.17. The molecule has 0 fully saturated rings. The summed E-state index contributed by atoms with van der Waals surface area (Å²) in [7, 11) is -3.20. The highest BCUT2D eigenvalue weighted by Crippen LogP contribution is 2.42. The molecule has 0 aromatic carbocycles. The minimum Gasteiger partial charge on any atom is -0.462 e. The van der Waals surface area contributed by atoms with E-state index < -0.39 is 26.5 Å². The van der Waals surface area contributed by atoms with Gasteiger partial charge in [0, 0.05) is 20.0 Å². The summed E-state index contributed by atoms with van der Waals surface area (Å²) in [5.41, 5.74) is 0. The second-order valence-corrected chi connectivity index (χ2v) is 15.7. The Morgan fingerprint density at radius 1 is 0.529 bits per heavy atom. The zero-order valence-corrected chi connectivity index (χ0v) is 34.2. The lowest BCUT2D eigenvalue weighted by molar-refractivity contribution is -0.161. The molecule has 0 heterocycles. The van der Waals surface area contributed by atoms with E-state index >= 15 is 0 Å². The summed E-state index contributed by atoms with van der Waals surface area (Å²) >= 11 is 0. The lowest BCUT2D eigenvalue weighted by Gasteiger charge is -2.19. The van der Waals surface area contributed by atoms with Gasteiger partial charge < -0.3 is 14.4 Å². The molecule has 1 N–H and O–H groups in total. The van der Waals surface area contributed by atoms with E-state index in [9.17, 15) is 19.0 Å². The number of phosphoric ester groups is 1. The van der Waals surface area contributed by atoms with Gasteiger partial charge >= 0.3 is 19.8 Å². The number of allylic oxidation sites excluding steroid dienone is 4. The first-order valence-corrected chi connectivity index (χ1v) is 22.5. The fourth-order valence-electron chi connectivity index (χ4n) is 5.88. The Morgan fingerprint density at radius 3 is 1.29 bits per heavy atom. The van der Waals surface area contributed by atoms with Crippen LogP contribution < -0.4 is 0 Å². The normalized spacial score (nSPS) is 13.6. The molecule has 0 aliphatic heterocycles.